The number of aliphatic hydroxyl groups excluding tert-OH is 2. The lowest BCUT2D eigenvalue weighted by molar-refractivity contribution is -0.151. The third-order valence-electron chi connectivity index (χ3n) is 3.24. The number of carbonyl (C=O) groups excluding carboxylic acids is 5. The standard InChI is InChI=1S/C16H26N2O10/c1-26-16(25)11(18-13(22)10-27-14(23)5-7-19)4-2-3-6-17-12(21)9-28-15(24)8-20/h11,19-20H,2-10H2,1H3,(H,17,21)(H,18,22). The van der Waals surface area contributed by atoms with Crippen LogP contribution in [-0.2, 0) is 38.2 Å². The fourth-order valence-corrected chi connectivity index (χ4v) is 1.88. The lowest BCUT2D eigenvalue weighted by Crippen LogP contribution is -2.43. The van der Waals surface area contributed by atoms with E-state index in [0.29, 0.717) is 12.8 Å². The molecular weight excluding hydrogens is 380 g/mol. The Morgan fingerprint density at radius 1 is 0.929 bits per heavy atom. The van der Waals surface area contributed by atoms with Crippen LogP contribution in [0.15, 0.2) is 0 Å². The molecule has 12 heteroatoms. The summed E-state index contributed by atoms with van der Waals surface area (Å²) in [5.74, 6) is -3.55. The molecule has 0 aromatic carbocycles. The van der Waals surface area contributed by atoms with Gasteiger partial charge >= 0.3 is 17.9 Å². The smallest absolute Gasteiger partial charge is 0.332 e. The van der Waals surface area contributed by atoms with E-state index in [1.165, 1.54) is 0 Å². The zero-order valence-electron chi connectivity index (χ0n) is 15.6. The minimum absolute atomic E-state index is 0.221. The summed E-state index contributed by atoms with van der Waals surface area (Å²) in [6.45, 7) is -2.06. The van der Waals surface area contributed by atoms with Crippen molar-refractivity contribution in [1.29, 1.82) is 0 Å². The van der Waals surface area contributed by atoms with Crippen LogP contribution in [-0.4, -0.2) is 86.1 Å². The molecule has 160 valence electrons. The highest BCUT2D eigenvalue weighted by Crippen LogP contribution is 2.03. The Morgan fingerprint density at radius 2 is 1.57 bits per heavy atom. The van der Waals surface area contributed by atoms with E-state index in [9.17, 15) is 24.0 Å². The maximum Gasteiger partial charge on any atom is 0.332 e. The SMILES string of the molecule is COC(=O)C(CCCCNC(=O)COC(=O)CO)NC(=O)COC(=O)CCO. The van der Waals surface area contributed by atoms with Crippen molar-refractivity contribution >= 4 is 29.7 Å². The van der Waals surface area contributed by atoms with Crippen LogP contribution in [0.2, 0.25) is 0 Å². The van der Waals surface area contributed by atoms with E-state index in [2.05, 4.69) is 24.8 Å². The first-order chi connectivity index (χ1) is 13.3. The van der Waals surface area contributed by atoms with Gasteiger partial charge in [0, 0.05) is 6.54 Å². The second-order valence-corrected chi connectivity index (χ2v) is 5.44. The van der Waals surface area contributed by atoms with Crippen molar-refractivity contribution in [1.82, 2.24) is 10.6 Å². The Labute approximate surface area is 161 Å². The highest BCUT2D eigenvalue weighted by Gasteiger charge is 2.21. The first-order valence-electron chi connectivity index (χ1n) is 8.50. The Morgan fingerprint density at radius 3 is 2.18 bits per heavy atom. The van der Waals surface area contributed by atoms with Crippen molar-refractivity contribution in [3.63, 3.8) is 0 Å². The highest BCUT2D eigenvalue weighted by molar-refractivity contribution is 5.86. The van der Waals surface area contributed by atoms with Crippen LogP contribution in [0.3, 0.4) is 0 Å². The van der Waals surface area contributed by atoms with Crippen LogP contribution in [0.4, 0.5) is 0 Å². The molecule has 0 saturated heterocycles. The molecule has 2 amide bonds. The van der Waals surface area contributed by atoms with Crippen LogP contribution in [0.25, 0.3) is 0 Å². The van der Waals surface area contributed by atoms with Crippen molar-refractivity contribution < 1.29 is 48.4 Å². The molecule has 4 N–H and O–H groups in total. The number of nitrogens with one attached hydrogen (secondary N) is 2. The molecule has 0 aliphatic heterocycles. The third kappa shape index (κ3) is 12.6. The van der Waals surface area contributed by atoms with Crippen LogP contribution in [0.1, 0.15) is 25.7 Å². The molecule has 0 saturated carbocycles. The topological polar surface area (TPSA) is 178 Å². The van der Waals surface area contributed by atoms with E-state index in [-0.39, 0.29) is 19.4 Å². The quantitative estimate of drug-likeness (QED) is 0.136. The Balaban J connectivity index is 4.14. The predicted molar refractivity (Wildman–Crippen MR) is 91.5 cm³/mol. The largest absolute Gasteiger partial charge is 0.467 e. The molecule has 0 spiro atoms. The molecule has 12 nitrogen and oxygen atoms in total. The van der Waals surface area contributed by atoms with Crippen molar-refractivity contribution in [2.75, 3.05) is 40.1 Å². The summed E-state index contributed by atoms with van der Waals surface area (Å²) in [6, 6.07) is -0.949. The van der Waals surface area contributed by atoms with Gasteiger partial charge in [0.25, 0.3) is 11.8 Å². The van der Waals surface area contributed by atoms with E-state index < -0.39 is 62.2 Å². The number of carbonyl (C=O) groups is 5. The monoisotopic (exact) mass is 406 g/mol. The Hall–Kier alpha value is -2.73. The summed E-state index contributed by atoms with van der Waals surface area (Å²) in [6.07, 6.45) is 0.895. The van der Waals surface area contributed by atoms with Crippen molar-refractivity contribution in [3.8, 4) is 0 Å². The number of hydrogen-bond acceptors (Lipinski definition) is 10. The van der Waals surface area contributed by atoms with Crippen molar-refractivity contribution in [2.24, 2.45) is 0 Å². The van der Waals surface area contributed by atoms with Gasteiger partial charge < -0.3 is 35.1 Å². The van der Waals surface area contributed by atoms with E-state index in [0.717, 1.165) is 7.11 Å². The van der Waals surface area contributed by atoms with Crippen LogP contribution < -0.4 is 10.6 Å². The van der Waals surface area contributed by atoms with Gasteiger partial charge in [-0.05, 0) is 19.3 Å². The molecule has 1 atom stereocenters. The lowest BCUT2D eigenvalue weighted by atomic mass is 10.1. The minimum Gasteiger partial charge on any atom is -0.467 e. The second kappa shape index (κ2) is 15.3. The summed E-state index contributed by atoms with van der Waals surface area (Å²) >= 11 is 0. The minimum atomic E-state index is -0.949. The average molecular weight is 406 g/mol. The molecule has 0 heterocycles. The molecule has 1 unspecified atom stereocenters. The van der Waals surface area contributed by atoms with Gasteiger partial charge in [-0.25, -0.2) is 9.59 Å². The van der Waals surface area contributed by atoms with Gasteiger partial charge in [-0.3, -0.25) is 14.4 Å². The number of esters is 3. The van der Waals surface area contributed by atoms with Gasteiger partial charge in [0.2, 0.25) is 0 Å². The van der Waals surface area contributed by atoms with Crippen molar-refractivity contribution in [2.45, 2.75) is 31.7 Å². The first-order valence-corrected chi connectivity index (χ1v) is 8.50. The van der Waals surface area contributed by atoms with Crippen molar-refractivity contribution in [3.05, 3.63) is 0 Å². The molecule has 0 rings (SSSR count). The highest BCUT2D eigenvalue weighted by atomic mass is 16.5. The summed E-state index contributed by atoms with van der Waals surface area (Å²) in [5, 5.41) is 21.9. The number of hydrogen-bond donors (Lipinski definition) is 4. The molecule has 0 fully saturated rings. The van der Waals surface area contributed by atoms with Crippen LogP contribution in [0.5, 0.6) is 0 Å². The Bertz CT molecular complexity index is 538. The molecular formula is C16H26N2O10. The van der Waals surface area contributed by atoms with E-state index in [1.807, 2.05) is 0 Å². The molecule has 0 aliphatic rings. The Kier molecular flexibility index (Phi) is 13.8. The van der Waals surface area contributed by atoms with Gasteiger partial charge in [-0.2, -0.15) is 0 Å². The fourth-order valence-electron chi connectivity index (χ4n) is 1.88. The van der Waals surface area contributed by atoms with Gasteiger partial charge in [0.05, 0.1) is 20.1 Å². The molecule has 0 aromatic heterocycles. The summed E-state index contributed by atoms with van der Waals surface area (Å²) in [5.41, 5.74) is 0. The zero-order chi connectivity index (χ0) is 21.4. The number of ether oxygens (including phenoxy) is 3. The number of methoxy groups -OCH3 is 1. The van der Waals surface area contributed by atoms with Crippen LogP contribution >= 0.6 is 0 Å². The zero-order valence-corrected chi connectivity index (χ0v) is 15.6. The maximum atomic E-state index is 11.7. The van der Waals surface area contributed by atoms with E-state index >= 15 is 0 Å². The van der Waals surface area contributed by atoms with Crippen LogP contribution in [0, 0.1) is 0 Å². The number of unbranched alkanes of at least 4 members (excludes halogenated alkanes) is 1. The molecule has 28 heavy (non-hydrogen) atoms. The predicted octanol–water partition coefficient (Wildman–Crippen LogP) is -2.61. The number of aliphatic hydroxyl groups is 2. The normalized spacial score (nSPS) is 11.1. The molecule has 0 bridgehead atoms. The summed E-state index contributed by atoms with van der Waals surface area (Å²) < 4.78 is 13.7. The van der Waals surface area contributed by atoms with Gasteiger partial charge in [-0.1, -0.05) is 0 Å². The fraction of sp³-hybridized carbons (Fsp3) is 0.688. The van der Waals surface area contributed by atoms with Gasteiger partial charge in [0.1, 0.15) is 12.6 Å². The van der Waals surface area contributed by atoms with Gasteiger partial charge in [-0.15, -0.1) is 0 Å². The summed E-state index contributed by atoms with van der Waals surface area (Å²) in [4.78, 5) is 56.6. The second-order valence-electron chi connectivity index (χ2n) is 5.44. The van der Waals surface area contributed by atoms with E-state index in [4.69, 9.17) is 10.2 Å². The molecule has 0 radical (unpaired) electrons. The van der Waals surface area contributed by atoms with Gasteiger partial charge in [0.15, 0.2) is 13.2 Å². The third-order valence-corrected chi connectivity index (χ3v) is 3.24. The lowest BCUT2D eigenvalue weighted by Gasteiger charge is -2.16. The number of rotatable bonds is 14. The summed E-state index contributed by atoms with van der Waals surface area (Å²) in [7, 11) is 1.16. The molecule has 0 aliphatic carbocycles. The molecule has 0 aromatic rings. The van der Waals surface area contributed by atoms with E-state index in [1.54, 1.807) is 0 Å². The average Bonchev–Trinajstić information content (AvgIpc) is 2.68. The maximum absolute atomic E-state index is 11.7. The first kappa shape index (κ1) is 25.3. The number of amides is 2.